The van der Waals surface area contributed by atoms with Gasteiger partial charge < -0.3 is 5.32 Å². The Bertz CT molecular complexity index is 972. The normalized spacial score (nSPS) is 11.7. The van der Waals surface area contributed by atoms with Crippen LogP contribution in [-0.4, -0.2) is 24.6 Å². The number of nitrogens with zero attached hydrogens (tertiary/aromatic N) is 2. The number of unbranched alkanes of at least 4 members (excludes halogenated alkanes) is 1. The number of anilines is 1. The second-order valence-corrected chi connectivity index (χ2v) is 9.86. The summed E-state index contributed by atoms with van der Waals surface area (Å²) in [6, 6.07) is 4.71. The van der Waals surface area contributed by atoms with Gasteiger partial charge in [-0.25, -0.2) is 17.9 Å². The molecule has 2 amide bonds. The fraction of sp³-hybridized carbons (Fsp3) is 0.500. The Kier molecular flexibility index (Phi) is 7.95. The van der Waals surface area contributed by atoms with Gasteiger partial charge in [-0.1, -0.05) is 58.7 Å². The number of aromatic nitrogens is 2. The summed E-state index contributed by atoms with van der Waals surface area (Å²) >= 11 is 0. The van der Waals surface area contributed by atoms with Gasteiger partial charge in [0.15, 0.2) is 0 Å². The van der Waals surface area contributed by atoms with Crippen LogP contribution in [0, 0.1) is 6.92 Å². The number of sulfonamides is 1. The number of urea groups is 1. The van der Waals surface area contributed by atoms with Crippen molar-refractivity contribution in [1.29, 1.82) is 0 Å². The zero-order valence-corrected chi connectivity index (χ0v) is 19.4. The number of benzene rings is 1. The summed E-state index contributed by atoms with van der Waals surface area (Å²) in [4.78, 5) is 12.6. The molecule has 0 unspecified atom stereocenters. The first-order valence-corrected chi connectivity index (χ1v) is 11.8. The number of rotatable bonds is 8. The van der Waals surface area contributed by atoms with E-state index in [4.69, 9.17) is 0 Å². The van der Waals surface area contributed by atoms with Crippen LogP contribution < -0.4 is 10.0 Å². The summed E-state index contributed by atoms with van der Waals surface area (Å²) in [7, 11) is -4.07. The second kappa shape index (κ2) is 10.0. The fourth-order valence-electron chi connectivity index (χ4n) is 3.24. The average molecular weight is 433 g/mol. The first-order chi connectivity index (χ1) is 14.0. The Hall–Kier alpha value is -2.48. The number of aryl methyl sites for hydroxylation is 2. The van der Waals surface area contributed by atoms with Crippen LogP contribution >= 0.6 is 0 Å². The van der Waals surface area contributed by atoms with Gasteiger partial charge >= 0.3 is 6.03 Å². The third-order valence-electron chi connectivity index (χ3n) is 4.83. The molecule has 1 heterocycles. The lowest BCUT2D eigenvalue weighted by Crippen LogP contribution is -2.35. The minimum Gasteiger partial charge on any atom is -0.307 e. The number of nitrogens with one attached hydrogen (secondary N) is 2. The Morgan fingerprint density at radius 2 is 1.67 bits per heavy atom. The van der Waals surface area contributed by atoms with Gasteiger partial charge in [0.2, 0.25) is 0 Å². The second-order valence-electron chi connectivity index (χ2n) is 8.17. The van der Waals surface area contributed by atoms with E-state index in [0.29, 0.717) is 17.8 Å². The lowest BCUT2D eigenvalue weighted by atomic mass is 9.90. The van der Waals surface area contributed by atoms with E-state index in [2.05, 4.69) is 20.2 Å². The molecule has 0 saturated carbocycles. The maximum absolute atomic E-state index is 12.7. The summed E-state index contributed by atoms with van der Waals surface area (Å²) < 4.78 is 27.5. The smallest absolute Gasteiger partial charge is 0.307 e. The molecule has 8 heteroatoms. The Morgan fingerprint density at radius 1 is 1.07 bits per heavy atom. The van der Waals surface area contributed by atoms with Gasteiger partial charge in [0.05, 0.1) is 11.9 Å². The molecule has 0 aliphatic heterocycles. The number of hydrogen-bond acceptors (Lipinski definition) is 5. The van der Waals surface area contributed by atoms with E-state index in [1.807, 2.05) is 53.7 Å². The molecule has 0 atom stereocenters. The van der Waals surface area contributed by atoms with E-state index >= 15 is 0 Å². The van der Waals surface area contributed by atoms with Crippen LogP contribution in [0.3, 0.4) is 0 Å². The van der Waals surface area contributed by atoms with Gasteiger partial charge in [-0.05, 0) is 48.8 Å². The van der Waals surface area contributed by atoms with Gasteiger partial charge in [0.25, 0.3) is 10.0 Å². The van der Waals surface area contributed by atoms with E-state index in [-0.39, 0.29) is 16.7 Å². The molecule has 0 bridgehead atoms. The molecule has 164 valence electrons. The molecule has 0 aliphatic carbocycles. The topological polar surface area (TPSA) is 101 Å². The third-order valence-corrected chi connectivity index (χ3v) is 6.13. The minimum atomic E-state index is -4.07. The van der Waals surface area contributed by atoms with E-state index in [0.717, 1.165) is 35.7 Å². The minimum absolute atomic E-state index is 0.0733. The van der Waals surface area contributed by atoms with Gasteiger partial charge in [0.1, 0.15) is 4.90 Å². The molecule has 7 nitrogen and oxygen atoms in total. The molecule has 0 saturated heterocycles. The maximum Gasteiger partial charge on any atom is 0.333 e. The third kappa shape index (κ3) is 6.01. The van der Waals surface area contributed by atoms with Gasteiger partial charge in [0, 0.05) is 5.69 Å². The van der Waals surface area contributed by atoms with Crippen molar-refractivity contribution in [2.75, 3.05) is 5.32 Å². The van der Waals surface area contributed by atoms with Crippen LogP contribution in [0.1, 0.15) is 81.7 Å². The lowest BCUT2D eigenvalue weighted by Gasteiger charge is -2.21. The molecule has 0 spiro atoms. The molecular formula is C22H32N4O3S. The van der Waals surface area contributed by atoms with E-state index in [1.165, 1.54) is 6.07 Å². The Morgan fingerprint density at radius 3 is 2.20 bits per heavy atom. The molecule has 0 aliphatic rings. The molecule has 2 rings (SSSR count). The first-order valence-electron chi connectivity index (χ1n) is 10.3. The quantitative estimate of drug-likeness (QED) is 0.619. The van der Waals surface area contributed by atoms with E-state index in [9.17, 15) is 13.2 Å². The average Bonchev–Trinajstić information content (AvgIpc) is 2.66. The van der Waals surface area contributed by atoms with Crippen LogP contribution in [0.2, 0.25) is 0 Å². The molecule has 0 fully saturated rings. The maximum atomic E-state index is 12.7. The van der Waals surface area contributed by atoms with Crippen molar-refractivity contribution >= 4 is 21.7 Å². The van der Waals surface area contributed by atoms with Gasteiger partial charge in [-0.2, -0.15) is 10.2 Å². The molecule has 2 N–H and O–H groups in total. The molecule has 0 radical (unpaired) electrons. The summed E-state index contributed by atoms with van der Waals surface area (Å²) in [5.41, 5.74) is 4.29. The highest BCUT2D eigenvalue weighted by Crippen LogP contribution is 2.33. The number of carbonyl (C=O) groups excluding carboxylic acids is 1. The van der Waals surface area contributed by atoms with Crippen LogP contribution in [0.5, 0.6) is 0 Å². The van der Waals surface area contributed by atoms with Crippen molar-refractivity contribution in [2.45, 2.75) is 77.5 Å². The predicted molar refractivity (Wildman–Crippen MR) is 119 cm³/mol. The van der Waals surface area contributed by atoms with E-state index < -0.39 is 16.1 Å². The van der Waals surface area contributed by atoms with Crippen molar-refractivity contribution < 1.29 is 13.2 Å². The zero-order chi connectivity index (χ0) is 22.5. The molecule has 1 aromatic carbocycles. The number of hydrogen-bond donors (Lipinski definition) is 2. The van der Waals surface area contributed by atoms with Crippen molar-refractivity contribution in [3.8, 4) is 0 Å². The fourth-order valence-corrected chi connectivity index (χ4v) is 4.13. The van der Waals surface area contributed by atoms with Crippen molar-refractivity contribution in [3.63, 3.8) is 0 Å². The van der Waals surface area contributed by atoms with Gasteiger partial charge in [-0.3, -0.25) is 0 Å². The van der Waals surface area contributed by atoms with Crippen LogP contribution in [0.15, 0.2) is 29.3 Å². The monoisotopic (exact) mass is 432 g/mol. The highest BCUT2D eigenvalue weighted by molar-refractivity contribution is 7.90. The van der Waals surface area contributed by atoms with Crippen molar-refractivity contribution in [2.24, 2.45) is 0 Å². The molecule has 2 aromatic rings. The van der Waals surface area contributed by atoms with Gasteiger partial charge in [-0.15, -0.1) is 0 Å². The van der Waals surface area contributed by atoms with E-state index in [1.54, 1.807) is 0 Å². The number of amides is 2. The Labute approximate surface area is 179 Å². The largest absolute Gasteiger partial charge is 0.333 e. The highest BCUT2D eigenvalue weighted by Gasteiger charge is 2.22. The zero-order valence-electron chi connectivity index (χ0n) is 18.6. The molecule has 1 aromatic heterocycles. The number of carbonyl (C=O) groups is 1. The summed E-state index contributed by atoms with van der Waals surface area (Å²) in [6.07, 6.45) is 3.63. The summed E-state index contributed by atoms with van der Waals surface area (Å²) in [5.74, 6) is 0.333. The Balaban J connectivity index is 2.29. The van der Waals surface area contributed by atoms with Crippen molar-refractivity contribution in [1.82, 2.24) is 14.9 Å². The van der Waals surface area contributed by atoms with Crippen LogP contribution in [0.4, 0.5) is 10.5 Å². The van der Waals surface area contributed by atoms with Crippen molar-refractivity contribution in [3.05, 3.63) is 46.8 Å². The molecule has 30 heavy (non-hydrogen) atoms. The lowest BCUT2D eigenvalue weighted by molar-refractivity contribution is 0.256. The van der Waals surface area contributed by atoms with Crippen LogP contribution in [-0.2, 0) is 16.4 Å². The SMILES string of the molecule is CCCCc1cc(S(=O)(=O)NC(=O)Nc2c(C(C)C)cc(C)cc2C(C)C)cnn1. The first kappa shape index (κ1) is 23.8. The summed E-state index contributed by atoms with van der Waals surface area (Å²) in [6.45, 7) is 12.2. The predicted octanol–water partition coefficient (Wildman–Crippen LogP) is 4.88. The highest BCUT2D eigenvalue weighted by atomic mass is 32.2. The molecular weight excluding hydrogens is 400 g/mol. The summed E-state index contributed by atoms with van der Waals surface area (Å²) in [5, 5.41) is 10.5. The standard InChI is InChI=1S/C22H32N4O3S/c1-7-8-9-17-12-18(13-23-25-17)30(28,29)26-22(27)24-21-19(14(2)3)10-16(6)11-20(21)15(4)5/h10-15H,7-9H2,1-6H3,(H2,24,26,27). The van der Waals surface area contributed by atoms with Crippen LogP contribution in [0.25, 0.3) is 0 Å².